The molecule has 124 valence electrons. The van der Waals surface area contributed by atoms with Crippen molar-refractivity contribution in [1.82, 2.24) is 0 Å². The molecular formula is C12H21N5O5. The first kappa shape index (κ1) is 18.0. The monoisotopic (exact) mass is 315 g/mol. The molecule has 0 aliphatic carbocycles. The second-order valence-corrected chi connectivity index (χ2v) is 4.69. The van der Waals surface area contributed by atoms with Crippen molar-refractivity contribution in [1.29, 1.82) is 0 Å². The third kappa shape index (κ3) is 4.48. The van der Waals surface area contributed by atoms with Crippen molar-refractivity contribution in [3.8, 4) is 0 Å². The number of aliphatic hydroxyl groups is 3. The highest BCUT2D eigenvalue weighted by atomic mass is 16.5. The predicted octanol–water partition coefficient (Wildman–Crippen LogP) is -2.15. The molecule has 0 amide bonds. The summed E-state index contributed by atoms with van der Waals surface area (Å²) in [5, 5.41) is 31.4. The van der Waals surface area contributed by atoms with Crippen LogP contribution < -0.4 is 11.5 Å². The highest BCUT2D eigenvalue weighted by Crippen LogP contribution is 2.26. The lowest BCUT2D eigenvalue weighted by Gasteiger charge is -2.36. The number of aliphatic hydroxyl groups excluding tert-OH is 3. The smallest absolute Gasteiger partial charge is 0.186 e. The third-order valence-corrected chi connectivity index (χ3v) is 3.09. The molecule has 5 atom stereocenters. The molecule has 0 aromatic rings. The van der Waals surface area contributed by atoms with Crippen molar-refractivity contribution in [3.05, 3.63) is 16.7 Å². The molecule has 0 aromatic carbocycles. The van der Waals surface area contributed by atoms with Crippen LogP contribution in [0.15, 0.2) is 27.0 Å². The van der Waals surface area contributed by atoms with Crippen molar-refractivity contribution in [2.24, 2.45) is 26.6 Å². The summed E-state index contributed by atoms with van der Waals surface area (Å²) in [6, 6.07) is -1.43. The van der Waals surface area contributed by atoms with Gasteiger partial charge in [-0.1, -0.05) is 5.18 Å². The lowest BCUT2D eigenvalue weighted by atomic mass is 9.93. The highest BCUT2D eigenvalue weighted by molar-refractivity contribution is 5.76. The van der Waals surface area contributed by atoms with Crippen LogP contribution in [0.1, 0.15) is 6.92 Å². The first-order valence-electron chi connectivity index (χ1n) is 6.64. The lowest BCUT2D eigenvalue weighted by Crippen LogP contribution is -2.52. The number of ether oxygens (including phenoxy) is 1. The Labute approximate surface area is 127 Å². The van der Waals surface area contributed by atoms with Gasteiger partial charge in [0.2, 0.25) is 0 Å². The van der Waals surface area contributed by atoms with Gasteiger partial charge in [-0.15, -0.1) is 0 Å². The first-order chi connectivity index (χ1) is 10.4. The third-order valence-electron chi connectivity index (χ3n) is 3.09. The molecule has 0 radical (unpaired) electrons. The summed E-state index contributed by atoms with van der Waals surface area (Å²) >= 11 is 0. The first-order valence-corrected chi connectivity index (χ1v) is 6.64. The van der Waals surface area contributed by atoms with E-state index in [1.165, 1.54) is 12.3 Å². The Morgan fingerprint density at radius 1 is 1.50 bits per heavy atom. The zero-order valence-corrected chi connectivity index (χ0v) is 12.1. The molecule has 22 heavy (non-hydrogen) atoms. The number of nitrogens with two attached hydrogens (primary N) is 2. The minimum absolute atomic E-state index is 0.154. The van der Waals surface area contributed by atoms with Crippen LogP contribution >= 0.6 is 0 Å². The van der Waals surface area contributed by atoms with Gasteiger partial charge < -0.3 is 31.5 Å². The maximum Gasteiger partial charge on any atom is 0.186 e. The van der Waals surface area contributed by atoms with E-state index < -0.39 is 37.0 Å². The maximum atomic E-state index is 10.4. The molecule has 7 N–H and O–H groups in total. The molecule has 0 fully saturated rings. The summed E-state index contributed by atoms with van der Waals surface area (Å²) in [7, 11) is 0. The van der Waals surface area contributed by atoms with Gasteiger partial charge in [0, 0.05) is 0 Å². The summed E-state index contributed by atoms with van der Waals surface area (Å²) in [6.07, 6.45) is -0.986. The summed E-state index contributed by atoms with van der Waals surface area (Å²) in [5.41, 5.74) is 10.8. The van der Waals surface area contributed by atoms with Crippen molar-refractivity contribution < 1.29 is 20.1 Å². The molecule has 10 heteroatoms. The largest absolute Gasteiger partial charge is 0.488 e. The van der Waals surface area contributed by atoms with Gasteiger partial charge in [-0.25, -0.2) is 4.99 Å². The Hall–Kier alpha value is -2.04. The van der Waals surface area contributed by atoms with Gasteiger partial charge in [-0.3, -0.25) is 4.99 Å². The number of nitroso groups, excluding NO2 is 1. The Morgan fingerprint density at radius 3 is 2.68 bits per heavy atom. The van der Waals surface area contributed by atoms with E-state index in [0.717, 1.165) is 0 Å². The van der Waals surface area contributed by atoms with Crippen LogP contribution in [0, 0.1) is 4.91 Å². The Balaban J connectivity index is 3.20. The number of aliphatic imine (C=N–C) groups is 2. The molecule has 10 nitrogen and oxygen atoms in total. The Kier molecular flexibility index (Phi) is 6.89. The fourth-order valence-electron chi connectivity index (χ4n) is 2.15. The normalized spacial score (nSPS) is 27.6. The molecule has 0 spiro atoms. The molecule has 0 saturated carbocycles. The molecule has 1 aliphatic rings. The Morgan fingerprint density at radius 2 is 2.18 bits per heavy atom. The maximum absolute atomic E-state index is 10.4. The highest BCUT2D eigenvalue weighted by Gasteiger charge is 2.41. The summed E-state index contributed by atoms with van der Waals surface area (Å²) in [6.45, 7) is 0.712. The van der Waals surface area contributed by atoms with Crippen molar-refractivity contribution in [2.45, 2.75) is 37.3 Å². The van der Waals surface area contributed by atoms with Gasteiger partial charge in [-0.05, 0) is 19.2 Å². The van der Waals surface area contributed by atoms with E-state index in [4.69, 9.17) is 21.3 Å². The van der Waals surface area contributed by atoms with Crippen LogP contribution in [0.3, 0.4) is 0 Å². The fraction of sp³-hybridized carbons (Fsp3) is 0.667. The van der Waals surface area contributed by atoms with Crippen molar-refractivity contribution >= 4 is 12.2 Å². The predicted molar refractivity (Wildman–Crippen MR) is 80.3 cm³/mol. The van der Waals surface area contributed by atoms with Crippen LogP contribution in [-0.4, -0.2) is 71.0 Å². The summed E-state index contributed by atoms with van der Waals surface area (Å²) < 4.78 is 5.47. The van der Waals surface area contributed by atoms with Gasteiger partial charge in [-0.2, -0.15) is 4.91 Å². The van der Waals surface area contributed by atoms with E-state index >= 15 is 0 Å². The number of guanidine groups is 1. The van der Waals surface area contributed by atoms with Gasteiger partial charge in [0.05, 0.1) is 6.61 Å². The average Bonchev–Trinajstić information content (AvgIpc) is 2.47. The minimum Gasteiger partial charge on any atom is -0.488 e. The SMILES string of the molecule is CC=N[C@H]1[C@H]([C@H](O)[C@H](O)CO)OC(CN=O)=C[C@@H]1N=C(N)N. The van der Waals surface area contributed by atoms with E-state index in [1.54, 1.807) is 6.92 Å². The Bertz CT molecular complexity index is 463. The second kappa shape index (κ2) is 8.41. The summed E-state index contributed by atoms with van der Waals surface area (Å²) in [4.78, 5) is 18.6. The van der Waals surface area contributed by atoms with Crippen molar-refractivity contribution in [3.63, 3.8) is 0 Å². The molecule has 0 saturated heterocycles. The van der Waals surface area contributed by atoms with Gasteiger partial charge >= 0.3 is 0 Å². The zero-order chi connectivity index (χ0) is 16.7. The van der Waals surface area contributed by atoms with E-state index in [9.17, 15) is 15.1 Å². The zero-order valence-electron chi connectivity index (χ0n) is 12.1. The topological polar surface area (TPSA) is 176 Å². The lowest BCUT2D eigenvalue weighted by molar-refractivity contribution is -0.0982. The van der Waals surface area contributed by atoms with Crippen LogP contribution in [0.4, 0.5) is 0 Å². The molecule has 0 aromatic heterocycles. The standard InChI is InChI=1S/C12H21N5O5/c1-2-15-9-7(17-12(13)14)3-6(4-16-21)22-11(9)10(20)8(19)5-18/h2-3,7-11,18-20H,4-5H2,1H3,(H4,13,14,17)/t7-,8+,9+,10+,11+/m0/s1. The van der Waals surface area contributed by atoms with Crippen LogP contribution in [0.2, 0.25) is 0 Å². The molecule has 0 bridgehead atoms. The van der Waals surface area contributed by atoms with Gasteiger partial charge in [0.25, 0.3) is 0 Å². The van der Waals surface area contributed by atoms with E-state index in [1.807, 2.05) is 0 Å². The van der Waals surface area contributed by atoms with Crippen LogP contribution in [-0.2, 0) is 4.74 Å². The molecule has 1 heterocycles. The average molecular weight is 315 g/mol. The van der Waals surface area contributed by atoms with Gasteiger partial charge in [0.15, 0.2) is 12.1 Å². The minimum atomic E-state index is -1.45. The molecule has 0 unspecified atom stereocenters. The fourth-order valence-corrected chi connectivity index (χ4v) is 2.15. The van der Waals surface area contributed by atoms with E-state index in [0.29, 0.717) is 0 Å². The van der Waals surface area contributed by atoms with Crippen LogP contribution in [0.5, 0.6) is 0 Å². The number of hydrogen-bond donors (Lipinski definition) is 5. The van der Waals surface area contributed by atoms with Crippen LogP contribution in [0.25, 0.3) is 0 Å². The molecule has 1 rings (SSSR count). The second-order valence-electron chi connectivity index (χ2n) is 4.69. The number of nitrogens with zero attached hydrogens (tertiary/aromatic N) is 3. The summed E-state index contributed by atoms with van der Waals surface area (Å²) in [5.74, 6) is -0.0458. The van der Waals surface area contributed by atoms with E-state index in [2.05, 4.69) is 15.2 Å². The molecule has 1 aliphatic heterocycles. The molecular weight excluding hydrogens is 294 g/mol. The van der Waals surface area contributed by atoms with E-state index in [-0.39, 0.29) is 18.3 Å². The van der Waals surface area contributed by atoms with Crippen molar-refractivity contribution in [2.75, 3.05) is 13.2 Å². The number of hydrogen-bond acceptors (Lipinski definition) is 8. The quantitative estimate of drug-likeness (QED) is 0.202. The van der Waals surface area contributed by atoms with Gasteiger partial charge in [0.1, 0.15) is 36.6 Å². The number of rotatable bonds is 7.